The monoisotopic (exact) mass is 380 g/mol. The number of carbonyl (C=O) groups is 1. The van der Waals surface area contributed by atoms with Crippen LogP contribution in [0.5, 0.6) is 0 Å². The third kappa shape index (κ3) is 5.06. The summed E-state index contributed by atoms with van der Waals surface area (Å²) in [7, 11) is 0. The van der Waals surface area contributed by atoms with Crippen LogP contribution in [0.3, 0.4) is 0 Å². The smallest absolute Gasteiger partial charge is 0.382 e. The number of benzene rings is 2. The largest absolute Gasteiger partial charge is 0.416 e. The molecule has 142 valence electrons. The van der Waals surface area contributed by atoms with Gasteiger partial charge in [0.1, 0.15) is 5.82 Å². The number of carbonyl (C=O) groups excluding carboxylic acids is 1. The molecule has 0 spiro atoms. The number of hydrogen-bond acceptors (Lipinski definition) is 3. The van der Waals surface area contributed by atoms with E-state index in [1.807, 2.05) is 0 Å². The number of oxime groups is 1. The van der Waals surface area contributed by atoms with Crippen LogP contribution in [-0.2, 0) is 28.8 Å². The van der Waals surface area contributed by atoms with Crippen molar-refractivity contribution in [3.8, 4) is 0 Å². The Labute approximate surface area is 152 Å². The Balaban J connectivity index is 1.51. The molecule has 0 bridgehead atoms. The van der Waals surface area contributed by atoms with Crippen molar-refractivity contribution in [1.82, 2.24) is 5.32 Å². The van der Waals surface area contributed by atoms with Crippen LogP contribution in [0, 0.1) is 5.82 Å². The lowest BCUT2D eigenvalue weighted by Crippen LogP contribution is -2.34. The Morgan fingerprint density at radius 1 is 1.15 bits per heavy atom. The van der Waals surface area contributed by atoms with Crippen LogP contribution in [0.4, 0.5) is 17.6 Å². The van der Waals surface area contributed by atoms with Gasteiger partial charge in [0.05, 0.1) is 11.3 Å². The summed E-state index contributed by atoms with van der Waals surface area (Å²) in [5.74, 6) is -0.826. The Kier molecular flexibility index (Phi) is 5.43. The van der Waals surface area contributed by atoms with E-state index in [9.17, 15) is 22.4 Å². The van der Waals surface area contributed by atoms with Gasteiger partial charge in [0.2, 0.25) is 6.10 Å². The fraction of sp³-hybridized carbons (Fsp3) is 0.263. The van der Waals surface area contributed by atoms with E-state index in [0.29, 0.717) is 23.3 Å². The predicted molar refractivity (Wildman–Crippen MR) is 90.3 cm³/mol. The number of nitrogens with one attached hydrogen (secondary N) is 1. The van der Waals surface area contributed by atoms with E-state index in [1.165, 1.54) is 24.3 Å². The lowest BCUT2D eigenvalue weighted by Gasteiger charge is -2.11. The molecule has 1 aliphatic heterocycles. The third-order valence-electron chi connectivity index (χ3n) is 4.04. The highest BCUT2D eigenvalue weighted by atomic mass is 19.4. The Morgan fingerprint density at radius 3 is 2.63 bits per heavy atom. The molecule has 1 heterocycles. The van der Waals surface area contributed by atoms with Crippen molar-refractivity contribution < 1.29 is 27.2 Å². The molecular formula is C19H16F4N2O2. The average Bonchev–Trinajstić information content (AvgIpc) is 3.08. The normalized spacial score (nSPS) is 16.6. The van der Waals surface area contributed by atoms with Gasteiger partial charge in [0.25, 0.3) is 5.91 Å². The fourth-order valence-electron chi connectivity index (χ4n) is 2.71. The van der Waals surface area contributed by atoms with Crippen molar-refractivity contribution in [1.29, 1.82) is 0 Å². The third-order valence-corrected chi connectivity index (χ3v) is 4.04. The van der Waals surface area contributed by atoms with Gasteiger partial charge in [0.15, 0.2) is 0 Å². The minimum atomic E-state index is -4.44. The number of alkyl halides is 3. The summed E-state index contributed by atoms with van der Waals surface area (Å²) in [5.41, 5.74) is 0.867. The van der Waals surface area contributed by atoms with Crippen LogP contribution >= 0.6 is 0 Å². The second-order valence-electron chi connectivity index (χ2n) is 6.18. The predicted octanol–water partition coefficient (Wildman–Crippen LogP) is 3.85. The summed E-state index contributed by atoms with van der Waals surface area (Å²) in [4.78, 5) is 17.3. The van der Waals surface area contributed by atoms with Gasteiger partial charge in [-0.25, -0.2) is 4.39 Å². The van der Waals surface area contributed by atoms with Gasteiger partial charge >= 0.3 is 6.18 Å². The number of nitrogens with zero attached hydrogens (tertiary/aromatic N) is 1. The maximum Gasteiger partial charge on any atom is 0.416 e. The second-order valence-corrected chi connectivity index (χ2v) is 6.18. The molecule has 0 aromatic heterocycles. The molecule has 1 atom stereocenters. The fourth-order valence-corrected chi connectivity index (χ4v) is 2.71. The topological polar surface area (TPSA) is 50.7 Å². The average molecular weight is 380 g/mol. The summed E-state index contributed by atoms with van der Waals surface area (Å²) in [5, 5.41) is 6.40. The van der Waals surface area contributed by atoms with Crippen LogP contribution in [-0.4, -0.2) is 17.7 Å². The Bertz CT molecular complexity index is 865. The van der Waals surface area contributed by atoms with Crippen LogP contribution < -0.4 is 5.32 Å². The first-order valence-corrected chi connectivity index (χ1v) is 8.21. The Hall–Kier alpha value is -2.90. The summed E-state index contributed by atoms with van der Waals surface area (Å²) in [6.45, 7) is -0.0537. The minimum Gasteiger partial charge on any atom is -0.382 e. The van der Waals surface area contributed by atoms with Crippen LogP contribution in [0.25, 0.3) is 0 Å². The zero-order chi connectivity index (χ0) is 19.4. The molecule has 27 heavy (non-hydrogen) atoms. The maximum absolute atomic E-state index is 13.2. The van der Waals surface area contributed by atoms with Gasteiger partial charge < -0.3 is 10.2 Å². The molecular weight excluding hydrogens is 364 g/mol. The van der Waals surface area contributed by atoms with Crippen LogP contribution in [0.2, 0.25) is 0 Å². The zero-order valence-electron chi connectivity index (χ0n) is 14.1. The summed E-state index contributed by atoms with van der Waals surface area (Å²) >= 11 is 0. The van der Waals surface area contributed by atoms with E-state index in [2.05, 4.69) is 10.5 Å². The van der Waals surface area contributed by atoms with E-state index in [0.717, 1.165) is 12.1 Å². The quantitative estimate of drug-likeness (QED) is 0.802. The lowest BCUT2D eigenvalue weighted by molar-refractivity contribution is -0.137. The lowest BCUT2D eigenvalue weighted by atomic mass is 10.0. The molecule has 1 N–H and O–H groups in total. The van der Waals surface area contributed by atoms with Crippen LogP contribution in [0.1, 0.15) is 23.1 Å². The Morgan fingerprint density at radius 2 is 1.89 bits per heavy atom. The molecule has 0 fully saturated rings. The van der Waals surface area contributed by atoms with Crippen LogP contribution in [0.15, 0.2) is 53.7 Å². The highest BCUT2D eigenvalue weighted by Crippen LogP contribution is 2.29. The first kappa shape index (κ1) is 18.9. The minimum absolute atomic E-state index is 0.0537. The van der Waals surface area contributed by atoms with E-state index in [-0.39, 0.29) is 18.8 Å². The van der Waals surface area contributed by atoms with Gasteiger partial charge in [-0.3, -0.25) is 4.79 Å². The van der Waals surface area contributed by atoms with E-state index < -0.39 is 23.8 Å². The maximum atomic E-state index is 13.2. The number of rotatable bonds is 5. The van der Waals surface area contributed by atoms with E-state index in [4.69, 9.17) is 4.84 Å². The van der Waals surface area contributed by atoms with Crippen molar-refractivity contribution in [3.05, 3.63) is 71.0 Å². The van der Waals surface area contributed by atoms with Crippen molar-refractivity contribution >= 4 is 11.6 Å². The van der Waals surface area contributed by atoms with E-state index in [1.54, 1.807) is 12.1 Å². The molecule has 1 amide bonds. The first-order chi connectivity index (χ1) is 12.8. The summed E-state index contributed by atoms with van der Waals surface area (Å²) in [6.07, 6.45) is -4.69. The number of amides is 1. The number of hydrogen-bond donors (Lipinski definition) is 1. The first-order valence-electron chi connectivity index (χ1n) is 8.21. The van der Waals surface area contributed by atoms with Gasteiger partial charge in [0, 0.05) is 19.4 Å². The van der Waals surface area contributed by atoms with Crippen molar-refractivity contribution in [2.24, 2.45) is 5.16 Å². The molecule has 0 unspecified atom stereocenters. The molecule has 0 aliphatic carbocycles. The van der Waals surface area contributed by atoms with Crippen molar-refractivity contribution in [2.45, 2.75) is 31.7 Å². The molecule has 4 nitrogen and oxygen atoms in total. The second kappa shape index (κ2) is 7.77. The molecule has 3 rings (SSSR count). The van der Waals surface area contributed by atoms with E-state index >= 15 is 0 Å². The zero-order valence-corrected chi connectivity index (χ0v) is 14.1. The molecule has 0 saturated carbocycles. The van der Waals surface area contributed by atoms with Crippen molar-refractivity contribution in [2.75, 3.05) is 0 Å². The highest BCUT2D eigenvalue weighted by Gasteiger charge is 2.31. The van der Waals surface area contributed by atoms with Gasteiger partial charge in [-0.05, 0) is 35.4 Å². The standard InChI is InChI=1S/C19H16F4N2O2/c20-15-6-2-3-12(8-15)9-16-10-17(27-25-16)18(26)24-11-13-4-1-5-14(7-13)19(21,22)23/h1-8,17H,9-11H2,(H,24,26)/t17-/m0/s1. The SMILES string of the molecule is O=C(NCc1cccc(C(F)(F)F)c1)[C@@H]1CC(Cc2cccc(F)c2)=NO1. The molecule has 1 aliphatic rings. The molecule has 0 radical (unpaired) electrons. The molecule has 2 aromatic rings. The van der Waals surface area contributed by atoms with Gasteiger partial charge in [-0.1, -0.05) is 29.4 Å². The summed E-state index contributed by atoms with van der Waals surface area (Å²) < 4.78 is 51.3. The van der Waals surface area contributed by atoms with Crippen molar-refractivity contribution in [3.63, 3.8) is 0 Å². The molecule has 8 heteroatoms. The van der Waals surface area contributed by atoms with Gasteiger partial charge in [-0.15, -0.1) is 0 Å². The molecule has 2 aromatic carbocycles. The number of halogens is 4. The highest BCUT2D eigenvalue weighted by molar-refractivity contribution is 5.93. The van der Waals surface area contributed by atoms with Gasteiger partial charge in [-0.2, -0.15) is 13.2 Å². The summed E-state index contributed by atoms with van der Waals surface area (Å²) in [6, 6.07) is 10.8. The molecule has 0 saturated heterocycles.